The lowest BCUT2D eigenvalue weighted by Gasteiger charge is -2.15. The smallest absolute Gasteiger partial charge is 0.316 e. The molecule has 0 heterocycles. The van der Waals surface area contributed by atoms with Crippen molar-refractivity contribution in [1.82, 2.24) is 10.2 Å². The Morgan fingerprint density at radius 1 is 1.33 bits per heavy atom. The van der Waals surface area contributed by atoms with Crippen LogP contribution in [0, 0.1) is 0 Å². The van der Waals surface area contributed by atoms with Crippen LogP contribution < -0.4 is 5.32 Å². The van der Waals surface area contributed by atoms with Crippen LogP contribution in [-0.2, 0) is 0 Å². The van der Waals surface area contributed by atoms with Crippen LogP contribution in [-0.4, -0.2) is 31.6 Å². The van der Waals surface area contributed by atoms with Gasteiger partial charge >= 0.3 is 6.03 Å². The Hall–Kier alpha value is -0.730. The highest BCUT2D eigenvalue weighted by Gasteiger charge is 2.03. The standard InChI is InChI=1S/C9H20N2O/c1-4-5-6-7-8-11(3)9(12)10-2/h4-8H2,1-3H3,(H,10,12). The van der Waals surface area contributed by atoms with Crippen molar-refractivity contribution in [3.05, 3.63) is 0 Å². The van der Waals surface area contributed by atoms with Crippen molar-refractivity contribution in [1.29, 1.82) is 0 Å². The summed E-state index contributed by atoms with van der Waals surface area (Å²) in [5.74, 6) is 0. The number of unbranched alkanes of at least 4 members (excludes halogenated alkanes) is 3. The van der Waals surface area contributed by atoms with Gasteiger partial charge in [0.15, 0.2) is 0 Å². The molecule has 0 radical (unpaired) electrons. The normalized spacial score (nSPS) is 9.58. The molecule has 0 bridgehead atoms. The zero-order valence-corrected chi connectivity index (χ0v) is 8.39. The third-order valence-electron chi connectivity index (χ3n) is 1.91. The van der Waals surface area contributed by atoms with Crippen LogP contribution in [0.15, 0.2) is 0 Å². The molecule has 3 nitrogen and oxygen atoms in total. The van der Waals surface area contributed by atoms with Crippen LogP contribution >= 0.6 is 0 Å². The summed E-state index contributed by atoms with van der Waals surface area (Å²) < 4.78 is 0. The van der Waals surface area contributed by atoms with Crippen LogP contribution in [0.3, 0.4) is 0 Å². The summed E-state index contributed by atoms with van der Waals surface area (Å²) in [6.07, 6.45) is 4.83. The zero-order chi connectivity index (χ0) is 9.40. The minimum absolute atomic E-state index is 0.00602. The highest BCUT2D eigenvalue weighted by molar-refractivity contribution is 5.73. The largest absolute Gasteiger partial charge is 0.341 e. The number of nitrogens with one attached hydrogen (secondary N) is 1. The van der Waals surface area contributed by atoms with Gasteiger partial charge in [0.2, 0.25) is 0 Å². The molecule has 0 aromatic rings. The number of nitrogens with zero attached hydrogens (tertiary/aromatic N) is 1. The molecule has 1 N–H and O–H groups in total. The van der Waals surface area contributed by atoms with E-state index in [1.807, 2.05) is 7.05 Å². The highest BCUT2D eigenvalue weighted by Crippen LogP contribution is 1.99. The van der Waals surface area contributed by atoms with Crippen LogP contribution in [0.4, 0.5) is 4.79 Å². The predicted octanol–water partition coefficient (Wildman–Crippen LogP) is 1.84. The molecule has 0 atom stereocenters. The average molecular weight is 172 g/mol. The van der Waals surface area contributed by atoms with E-state index in [-0.39, 0.29) is 6.03 Å². The van der Waals surface area contributed by atoms with Gasteiger partial charge in [0.05, 0.1) is 0 Å². The maximum Gasteiger partial charge on any atom is 0.316 e. The van der Waals surface area contributed by atoms with E-state index < -0.39 is 0 Å². The second-order valence-electron chi connectivity index (χ2n) is 3.04. The lowest BCUT2D eigenvalue weighted by Crippen LogP contribution is -2.35. The van der Waals surface area contributed by atoms with Crippen molar-refractivity contribution < 1.29 is 4.79 Å². The van der Waals surface area contributed by atoms with Gasteiger partial charge in [-0.15, -0.1) is 0 Å². The lowest BCUT2D eigenvalue weighted by molar-refractivity contribution is 0.210. The number of carbonyl (C=O) groups is 1. The van der Waals surface area contributed by atoms with E-state index in [0.29, 0.717) is 0 Å². The molecule has 0 spiro atoms. The van der Waals surface area contributed by atoms with Gasteiger partial charge in [-0.25, -0.2) is 4.79 Å². The van der Waals surface area contributed by atoms with Gasteiger partial charge < -0.3 is 10.2 Å². The van der Waals surface area contributed by atoms with E-state index in [4.69, 9.17) is 0 Å². The SMILES string of the molecule is CCCCCCN(C)C(=O)NC. The molecule has 0 aliphatic heterocycles. The van der Waals surface area contributed by atoms with Crippen molar-refractivity contribution in [2.75, 3.05) is 20.6 Å². The van der Waals surface area contributed by atoms with Crippen molar-refractivity contribution in [3.63, 3.8) is 0 Å². The van der Waals surface area contributed by atoms with E-state index in [2.05, 4.69) is 12.2 Å². The van der Waals surface area contributed by atoms with E-state index in [1.165, 1.54) is 19.3 Å². The Bertz CT molecular complexity index is 126. The van der Waals surface area contributed by atoms with Gasteiger partial charge in [-0.05, 0) is 6.42 Å². The quantitative estimate of drug-likeness (QED) is 0.630. The first-order valence-electron chi connectivity index (χ1n) is 4.65. The highest BCUT2D eigenvalue weighted by atomic mass is 16.2. The molecule has 0 unspecified atom stereocenters. The number of urea groups is 1. The molecule has 12 heavy (non-hydrogen) atoms. The first kappa shape index (κ1) is 11.3. The topological polar surface area (TPSA) is 32.3 Å². The van der Waals surface area contributed by atoms with Crippen LogP contribution in [0.25, 0.3) is 0 Å². The maximum absolute atomic E-state index is 11.0. The average Bonchev–Trinajstić information content (AvgIpc) is 2.10. The van der Waals surface area contributed by atoms with E-state index in [1.54, 1.807) is 11.9 Å². The summed E-state index contributed by atoms with van der Waals surface area (Å²) in [6.45, 7) is 3.04. The minimum Gasteiger partial charge on any atom is -0.341 e. The van der Waals surface area contributed by atoms with Crippen LogP contribution in [0.5, 0.6) is 0 Å². The van der Waals surface area contributed by atoms with Crippen LogP contribution in [0.2, 0.25) is 0 Å². The molecule has 0 fully saturated rings. The van der Waals surface area contributed by atoms with Crippen molar-refractivity contribution >= 4 is 6.03 Å². The monoisotopic (exact) mass is 172 g/mol. The molecule has 2 amide bonds. The molecule has 0 rings (SSSR count). The number of hydrogen-bond donors (Lipinski definition) is 1. The Morgan fingerprint density at radius 2 is 2.00 bits per heavy atom. The maximum atomic E-state index is 11.0. The molecule has 0 aromatic heterocycles. The van der Waals surface area contributed by atoms with Crippen molar-refractivity contribution in [2.24, 2.45) is 0 Å². The van der Waals surface area contributed by atoms with E-state index >= 15 is 0 Å². The zero-order valence-electron chi connectivity index (χ0n) is 8.39. The summed E-state index contributed by atoms with van der Waals surface area (Å²) in [6, 6.07) is 0.00602. The number of hydrogen-bond acceptors (Lipinski definition) is 1. The van der Waals surface area contributed by atoms with Gasteiger partial charge in [-0.3, -0.25) is 0 Å². The van der Waals surface area contributed by atoms with E-state index in [0.717, 1.165) is 13.0 Å². The Labute approximate surface area is 75.1 Å². The Balaban J connectivity index is 3.31. The van der Waals surface area contributed by atoms with Gasteiger partial charge in [0.25, 0.3) is 0 Å². The van der Waals surface area contributed by atoms with Gasteiger partial charge in [0.1, 0.15) is 0 Å². The summed E-state index contributed by atoms with van der Waals surface area (Å²) >= 11 is 0. The minimum atomic E-state index is 0.00602. The van der Waals surface area contributed by atoms with Gasteiger partial charge in [-0.1, -0.05) is 26.2 Å². The molecule has 72 valence electrons. The first-order chi connectivity index (χ1) is 5.72. The molecule has 0 aliphatic rings. The fourth-order valence-corrected chi connectivity index (χ4v) is 1.07. The number of amides is 2. The van der Waals surface area contributed by atoms with Gasteiger partial charge in [0, 0.05) is 20.6 Å². The third kappa shape index (κ3) is 4.99. The van der Waals surface area contributed by atoms with Gasteiger partial charge in [-0.2, -0.15) is 0 Å². The summed E-state index contributed by atoms with van der Waals surface area (Å²) in [4.78, 5) is 12.7. The van der Waals surface area contributed by atoms with Crippen LogP contribution in [0.1, 0.15) is 32.6 Å². The number of carbonyl (C=O) groups excluding carboxylic acids is 1. The molecule has 0 saturated carbocycles. The van der Waals surface area contributed by atoms with E-state index in [9.17, 15) is 4.79 Å². The molecule has 0 aliphatic carbocycles. The third-order valence-corrected chi connectivity index (χ3v) is 1.91. The molecule has 0 saturated heterocycles. The van der Waals surface area contributed by atoms with Crippen molar-refractivity contribution in [2.45, 2.75) is 32.6 Å². The number of rotatable bonds is 5. The summed E-state index contributed by atoms with van der Waals surface area (Å²) in [5.41, 5.74) is 0. The van der Waals surface area contributed by atoms with Crippen molar-refractivity contribution in [3.8, 4) is 0 Å². The Kier molecular flexibility index (Phi) is 6.53. The molecular weight excluding hydrogens is 152 g/mol. The summed E-state index contributed by atoms with van der Waals surface area (Å²) in [7, 11) is 3.48. The predicted molar refractivity (Wildman–Crippen MR) is 51.2 cm³/mol. The summed E-state index contributed by atoms with van der Waals surface area (Å²) in [5, 5.41) is 2.59. The second-order valence-corrected chi connectivity index (χ2v) is 3.04. The molecule has 0 aromatic carbocycles. The molecular formula is C9H20N2O. The first-order valence-corrected chi connectivity index (χ1v) is 4.65. The fraction of sp³-hybridized carbons (Fsp3) is 0.889. The fourth-order valence-electron chi connectivity index (χ4n) is 1.07. The lowest BCUT2D eigenvalue weighted by atomic mass is 10.2. The molecule has 3 heteroatoms. The second kappa shape index (κ2) is 6.95. The Morgan fingerprint density at radius 3 is 2.50 bits per heavy atom.